The zero-order valence-electron chi connectivity index (χ0n) is 8.07. The summed E-state index contributed by atoms with van der Waals surface area (Å²) in [6.45, 7) is 3.93. The number of likely N-dealkylation sites (tertiary alicyclic amines) is 1. The van der Waals surface area contributed by atoms with Crippen LogP contribution in [-0.4, -0.2) is 40.2 Å². The van der Waals surface area contributed by atoms with E-state index in [1.165, 1.54) is 0 Å². The molecule has 3 N–H and O–H groups in total. The van der Waals surface area contributed by atoms with Crippen LogP contribution in [0.1, 0.15) is 26.2 Å². The Balaban J connectivity index is 2.46. The lowest BCUT2D eigenvalue weighted by Gasteiger charge is -2.26. The summed E-state index contributed by atoms with van der Waals surface area (Å²) < 4.78 is 0. The van der Waals surface area contributed by atoms with E-state index in [2.05, 4.69) is 4.90 Å². The van der Waals surface area contributed by atoms with Crippen LogP contribution in [0.25, 0.3) is 0 Å². The first-order valence-corrected chi connectivity index (χ1v) is 5.23. The molecular formula is C9H18N2OS. The van der Waals surface area contributed by atoms with Crippen LogP contribution in [-0.2, 0) is 0 Å². The molecule has 2 atom stereocenters. The first-order chi connectivity index (χ1) is 6.11. The maximum atomic E-state index is 9.44. The molecule has 1 heterocycles. The summed E-state index contributed by atoms with van der Waals surface area (Å²) >= 11 is 4.95. The Morgan fingerprint density at radius 3 is 2.85 bits per heavy atom. The normalized spacial score (nSPS) is 28.0. The minimum absolute atomic E-state index is 0.136. The largest absolute Gasteiger partial charge is 0.393 e. The van der Waals surface area contributed by atoms with Gasteiger partial charge in [0.15, 0.2) is 0 Å². The zero-order valence-corrected chi connectivity index (χ0v) is 8.89. The molecule has 13 heavy (non-hydrogen) atoms. The van der Waals surface area contributed by atoms with Gasteiger partial charge in [0.2, 0.25) is 0 Å². The van der Waals surface area contributed by atoms with Crippen molar-refractivity contribution in [2.45, 2.75) is 38.3 Å². The zero-order chi connectivity index (χ0) is 9.84. The monoisotopic (exact) mass is 202 g/mol. The van der Waals surface area contributed by atoms with Crippen molar-refractivity contribution in [1.82, 2.24) is 4.90 Å². The van der Waals surface area contributed by atoms with E-state index in [4.69, 9.17) is 18.0 Å². The van der Waals surface area contributed by atoms with Crippen LogP contribution in [0.15, 0.2) is 0 Å². The third-order valence-electron chi connectivity index (χ3n) is 2.69. The minimum atomic E-state index is -0.136. The van der Waals surface area contributed by atoms with E-state index in [-0.39, 0.29) is 12.1 Å². The predicted molar refractivity (Wildman–Crippen MR) is 57.7 cm³/mol. The third kappa shape index (κ3) is 3.21. The number of nitrogens with two attached hydrogens (primary N) is 1. The maximum absolute atomic E-state index is 9.44. The number of rotatable bonds is 2. The van der Waals surface area contributed by atoms with Gasteiger partial charge in [-0.25, -0.2) is 0 Å². The van der Waals surface area contributed by atoms with Crippen LogP contribution in [0, 0.1) is 0 Å². The summed E-state index contributed by atoms with van der Waals surface area (Å²) in [5.74, 6) is 0. The molecule has 0 aliphatic carbocycles. The van der Waals surface area contributed by atoms with Crippen LogP contribution < -0.4 is 5.73 Å². The van der Waals surface area contributed by atoms with Crippen molar-refractivity contribution in [1.29, 1.82) is 0 Å². The molecule has 4 heteroatoms. The lowest BCUT2D eigenvalue weighted by molar-refractivity contribution is 0.154. The fourth-order valence-corrected chi connectivity index (χ4v) is 1.82. The molecule has 1 rings (SSSR count). The Morgan fingerprint density at radius 1 is 1.54 bits per heavy atom. The number of hydrogen-bond donors (Lipinski definition) is 2. The Labute approximate surface area is 84.9 Å². The second kappa shape index (κ2) is 4.88. The highest BCUT2D eigenvalue weighted by molar-refractivity contribution is 7.80. The lowest BCUT2D eigenvalue weighted by atomic mass is 10.2. The Morgan fingerprint density at radius 2 is 2.23 bits per heavy atom. The number of thiocarbonyl (C=S) groups is 1. The van der Waals surface area contributed by atoms with Crippen LogP contribution in [0.3, 0.4) is 0 Å². The van der Waals surface area contributed by atoms with Crippen molar-refractivity contribution in [3.8, 4) is 0 Å². The molecule has 1 aliphatic heterocycles. The van der Waals surface area contributed by atoms with Crippen molar-refractivity contribution in [2.75, 3.05) is 13.1 Å². The molecule has 1 saturated heterocycles. The molecule has 0 bridgehead atoms. The standard InChI is InChI=1S/C9H18N2OS/c1-7(9(10)13)11-5-2-3-8(12)4-6-11/h7-8,12H,2-6H2,1H3,(H2,10,13). The highest BCUT2D eigenvalue weighted by atomic mass is 32.1. The molecule has 1 aliphatic rings. The highest BCUT2D eigenvalue weighted by Crippen LogP contribution is 2.13. The molecule has 0 saturated carbocycles. The molecule has 0 aromatic rings. The van der Waals surface area contributed by atoms with Gasteiger partial charge in [-0.15, -0.1) is 0 Å². The summed E-state index contributed by atoms with van der Waals surface area (Å²) in [7, 11) is 0. The SMILES string of the molecule is CC(C(N)=S)N1CCCC(O)CC1. The van der Waals surface area contributed by atoms with Gasteiger partial charge in [-0.1, -0.05) is 12.2 Å². The molecular weight excluding hydrogens is 184 g/mol. The van der Waals surface area contributed by atoms with Gasteiger partial charge in [-0.2, -0.15) is 0 Å². The van der Waals surface area contributed by atoms with E-state index < -0.39 is 0 Å². The van der Waals surface area contributed by atoms with Crippen molar-refractivity contribution in [3.05, 3.63) is 0 Å². The second-order valence-electron chi connectivity index (χ2n) is 3.70. The van der Waals surface area contributed by atoms with Crippen molar-refractivity contribution in [3.63, 3.8) is 0 Å². The molecule has 76 valence electrons. The second-order valence-corrected chi connectivity index (χ2v) is 4.17. The van der Waals surface area contributed by atoms with Crippen molar-refractivity contribution < 1.29 is 5.11 Å². The van der Waals surface area contributed by atoms with Gasteiger partial charge in [0.25, 0.3) is 0 Å². The summed E-state index contributed by atoms with van der Waals surface area (Å²) in [6, 6.07) is 0.167. The molecule has 1 fully saturated rings. The summed E-state index contributed by atoms with van der Waals surface area (Å²) in [5, 5.41) is 9.44. The van der Waals surface area contributed by atoms with Gasteiger partial charge in [0.1, 0.15) is 0 Å². The molecule has 0 amide bonds. The van der Waals surface area contributed by atoms with Gasteiger partial charge >= 0.3 is 0 Å². The van der Waals surface area contributed by atoms with E-state index in [0.29, 0.717) is 4.99 Å². The van der Waals surface area contributed by atoms with Gasteiger partial charge in [-0.3, -0.25) is 4.90 Å². The van der Waals surface area contributed by atoms with Crippen molar-refractivity contribution in [2.24, 2.45) is 5.73 Å². The van der Waals surface area contributed by atoms with Gasteiger partial charge in [0.05, 0.1) is 17.1 Å². The first-order valence-electron chi connectivity index (χ1n) is 4.82. The topological polar surface area (TPSA) is 49.5 Å². The predicted octanol–water partition coefficient (Wildman–Crippen LogP) is 0.508. The number of aliphatic hydroxyl groups is 1. The van der Waals surface area contributed by atoms with E-state index >= 15 is 0 Å². The number of nitrogens with zero attached hydrogens (tertiary/aromatic N) is 1. The van der Waals surface area contributed by atoms with Gasteiger partial charge in [0, 0.05) is 6.54 Å². The van der Waals surface area contributed by atoms with E-state index in [0.717, 1.165) is 32.4 Å². The van der Waals surface area contributed by atoms with Crippen LogP contribution in [0.4, 0.5) is 0 Å². The van der Waals surface area contributed by atoms with E-state index in [1.807, 2.05) is 6.92 Å². The fraction of sp³-hybridized carbons (Fsp3) is 0.889. The fourth-order valence-electron chi connectivity index (χ4n) is 1.67. The molecule has 0 spiro atoms. The Bertz CT molecular complexity index is 186. The Hall–Kier alpha value is -0.190. The van der Waals surface area contributed by atoms with Gasteiger partial charge < -0.3 is 10.8 Å². The van der Waals surface area contributed by atoms with E-state index in [1.54, 1.807) is 0 Å². The number of aliphatic hydroxyl groups excluding tert-OH is 1. The molecule has 3 nitrogen and oxygen atoms in total. The smallest absolute Gasteiger partial charge is 0.0899 e. The maximum Gasteiger partial charge on any atom is 0.0899 e. The van der Waals surface area contributed by atoms with Gasteiger partial charge in [-0.05, 0) is 32.7 Å². The average molecular weight is 202 g/mol. The third-order valence-corrected chi connectivity index (χ3v) is 3.03. The van der Waals surface area contributed by atoms with Crippen molar-refractivity contribution >= 4 is 17.2 Å². The molecule has 0 radical (unpaired) electrons. The molecule has 0 aromatic heterocycles. The minimum Gasteiger partial charge on any atom is -0.393 e. The average Bonchev–Trinajstić information content (AvgIpc) is 2.28. The summed E-state index contributed by atoms with van der Waals surface area (Å²) in [5.41, 5.74) is 5.58. The summed E-state index contributed by atoms with van der Waals surface area (Å²) in [6.07, 6.45) is 2.64. The van der Waals surface area contributed by atoms with Crippen LogP contribution in [0.2, 0.25) is 0 Å². The molecule has 0 aromatic carbocycles. The summed E-state index contributed by atoms with van der Waals surface area (Å²) in [4.78, 5) is 2.80. The highest BCUT2D eigenvalue weighted by Gasteiger charge is 2.20. The molecule has 2 unspecified atom stereocenters. The lowest BCUT2D eigenvalue weighted by Crippen LogP contribution is -2.42. The van der Waals surface area contributed by atoms with E-state index in [9.17, 15) is 5.11 Å². The first kappa shape index (κ1) is 10.9. The van der Waals surface area contributed by atoms with Crippen LogP contribution in [0.5, 0.6) is 0 Å². The number of hydrogen-bond acceptors (Lipinski definition) is 3. The van der Waals surface area contributed by atoms with Crippen LogP contribution >= 0.6 is 12.2 Å². The quantitative estimate of drug-likeness (QED) is 0.641. The Kier molecular flexibility index (Phi) is 4.09.